The molecule has 0 saturated heterocycles. The number of nitrogens with two attached hydrogens (primary N) is 1. The van der Waals surface area contributed by atoms with Crippen LogP contribution >= 0.6 is 0 Å². The average Bonchev–Trinajstić information content (AvgIpc) is 2.72. The molecule has 1 aromatic heterocycles. The van der Waals surface area contributed by atoms with Crippen LogP contribution in [0, 0.1) is 0 Å². The number of benzene rings is 1. The largest absolute Gasteiger partial charge is 0.331 e. The van der Waals surface area contributed by atoms with Gasteiger partial charge >= 0.3 is 0 Å². The lowest BCUT2D eigenvalue weighted by Crippen LogP contribution is -2.07. The molecular weight excluding hydrogens is 222 g/mol. The summed E-state index contributed by atoms with van der Waals surface area (Å²) < 4.78 is 2.12. The molecule has 0 aliphatic heterocycles. The van der Waals surface area contributed by atoms with Crippen LogP contribution in [0.4, 0.5) is 0 Å². The van der Waals surface area contributed by atoms with Crippen LogP contribution in [0.5, 0.6) is 0 Å². The number of hydrogen-bond donors (Lipinski definition) is 1. The molecule has 0 spiro atoms. The van der Waals surface area contributed by atoms with E-state index in [1.54, 1.807) is 0 Å². The van der Waals surface area contributed by atoms with Crippen molar-refractivity contribution in [2.24, 2.45) is 12.8 Å². The minimum absolute atomic E-state index is 0.563. The van der Waals surface area contributed by atoms with Gasteiger partial charge in [0.2, 0.25) is 0 Å². The molecule has 0 fully saturated rings. The zero-order valence-electron chi connectivity index (χ0n) is 11.4. The Morgan fingerprint density at radius 1 is 1.22 bits per heavy atom. The summed E-state index contributed by atoms with van der Waals surface area (Å²) in [6.45, 7) is 5.06. The van der Waals surface area contributed by atoms with E-state index in [4.69, 9.17) is 5.73 Å². The van der Waals surface area contributed by atoms with Gasteiger partial charge in [-0.2, -0.15) is 0 Å². The van der Waals surface area contributed by atoms with Crippen LogP contribution in [-0.4, -0.2) is 16.1 Å². The van der Waals surface area contributed by atoms with Crippen molar-refractivity contribution >= 4 is 0 Å². The number of hydrogen-bond acceptors (Lipinski definition) is 2. The van der Waals surface area contributed by atoms with Crippen LogP contribution in [0.2, 0.25) is 0 Å². The zero-order valence-corrected chi connectivity index (χ0v) is 11.4. The molecular formula is C15H21N3. The van der Waals surface area contributed by atoms with E-state index >= 15 is 0 Å². The quantitative estimate of drug-likeness (QED) is 0.897. The molecule has 96 valence electrons. The third kappa shape index (κ3) is 2.46. The molecule has 0 unspecified atom stereocenters. The second-order valence-corrected chi connectivity index (χ2v) is 4.95. The summed E-state index contributed by atoms with van der Waals surface area (Å²) in [6, 6.07) is 8.64. The third-order valence-electron chi connectivity index (χ3n) is 3.32. The summed E-state index contributed by atoms with van der Waals surface area (Å²) in [5.41, 5.74) is 9.28. The summed E-state index contributed by atoms with van der Waals surface area (Å²) in [5, 5.41) is 0. The van der Waals surface area contributed by atoms with Gasteiger partial charge in [-0.3, -0.25) is 0 Å². The van der Waals surface area contributed by atoms with E-state index in [1.807, 2.05) is 13.2 Å². The first-order chi connectivity index (χ1) is 8.63. The van der Waals surface area contributed by atoms with E-state index in [0.717, 1.165) is 17.8 Å². The highest BCUT2D eigenvalue weighted by Crippen LogP contribution is 2.22. The normalized spacial score (nSPS) is 11.2. The van der Waals surface area contributed by atoms with Gasteiger partial charge in [0.1, 0.15) is 5.82 Å². The van der Waals surface area contributed by atoms with E-state index < -0.39 is 0 Å². The molecule has 1 heterocycles. The van der Waals surface area contributed by atoms with Crippen molar-refractivity contribution in [3.63, 3.8) is 0 Å². The minimum Gasteiger partial charge on any atom is -0.331 e. The molecule has 0 radical (unpaired) electrons. The van der Waals surface area contributed by atoms with Gasteiger partial charge in [0, 0.05) is 30.9 Å². The van der Waals surface area contributed by atoms with E-state index in [1.165, 1.54) is 11.3 Å². The van der Waals surface area contributed by atoms with Gasteiger partial charge in [-0.05, 0) is 18.0 Å². The Labute approximate surface area is 109 Å². The predicted octanol–water partition coefficient (Wildman–Crippen LogP) is 2.71. The molecule has 3 nitrogen and oxygen atoms in total. The summed E-state index contributed by atoms with van der Waals surface area (Å²) in [5.74, 6) is 1.57. The minimum atomic E-state index is 0.563. The SMILES string of the molecule is CC(C)c1ccc(-c2ncc(CCN)n2C)cc1. The summed E-state index contributed by atoms with van der Waals surface area (Å²) in [6.07, 6.45) is 2.78. The van der Waals surface area contributed by atoms with E-state index in [2.05, 4.69) is 47.7 Å². The second kappa shape index (κ2) is 5.36. The molecule has 2 N–H and O–H groups in total. The average molecular weight is 243 g/mol. The molecule has 0 atom stereocenters. The van der Waals surface area contributed by atoms with Crippen LogP contribution in [-0.2, 0) is 13.5 Å². The Bertz CT molecular complexity index is 509. The number of nitrogens with zero attached hydrogens (tertiary/aromatic N) is 2. The first-order valence-corrected chi connectivity index (χ1v) is 6.44. The van der Waals surface area contributed by atoms with Crippen LogP contribution in [0.25, 0.3) is 11.4 Å². The van der Waals surface area contributed by atoms with Gasteiger partial charge in [0.05, 0.1) is 0 Å². The van der Waals surface area contributed by atoms with Crippen molar-refractivity contribution in [1.29, 1.82) is 0 Å². The van der Waals surface area contributed by atoms with E-state index in [9.17, 15) is 0 Å². The highest BCUT2D eigenvalue weighted by molar-refractivity contribution is 5.56. The Morgan fingerprint density at radius 3 is 2.44 bits per heavy atom. The first-order valence-electron chi connectivity index (χ1n) is 6.44. The molecule has 0 bridgehead atoms. The summed E-state index contributed by atoms with van der Waals surface area (Å²) >= 11 is 0. The maximum absolute atomic E-state index is 5.59. The van der Waals surface area contributed by atoms with Crippen LogP contribution in [0.3, 0.4) is 0 Å². The molecule has 18 heavy (non-hydrogen) atoms. The Kier molecular flexibility index (Phi) is 3.82. The molecule has 3 heteroatoms. The van der Waals surface area contributed by atoms with Crippen LogP contribution < -0.4 is 5.73 Å². The lowest BCUT2D eigenvalue weighted by Gasteiger charge is -2.08. The van der Waals surface area contributed by atoms with Crippen molar-refractivity contribution in [1.82, 2.24) is 9.55 Å². The lowest BCUT2D eigenvalue weighted by molar-refractivity contribution is 0.810. The van der Waals surface area contributed by atoms with Gasteiger partial charge in [0.15, 0.2) is 0 Å². The molecule has 2 rings (SSSR count). The maximum atomic E-state index is 5.59. The molecule has 0 aliphatic carbocycles. The van der Waals surface area contributed by atoms with E-state index in [0.29, 0.717) is 12.5 Å². The van der Waals surface area contributed by atoms with Gasteiger partial charge in [-0.25, -0.2) is 4.98 Å². The molecule has 1 aromatic carbocycles. The van der Waals surface area contributed by atoms with Gasteiger partial charge in [-0.15, -0.1) is 0 Å². The number of rotatable bonds is 4. The molecule has 0 amide bonds. The molecule has 0 aliphatic rings. The van der Waals surface area contributed by atoms with Crippen molar-refractivity contribution in [2.45, 2.75) is 26.2 Å². The lowest BCUT2D eigenvalue weighted by atomic mass is 10.0. The highest BCUT2D eigenvalue weighted by atomic mass is 15.1. The van der Waals surface area contributed by atoms with Crippen LogP contribution in [0.15, 0.2) is 30.5 Å². The smallest absolute Gasteiger partial charge is 0.139 e. The van der Waals surface area contributed by atoms with E-state index in [-0.39, 0.29) is 0 Å². The Balaban J connectivity index is 2.31. The topological polar surface area (TPSA) is 43.8 Å². The van der Waals surface area contributed by atoms with Crippen molar-refractivity contribution < 1.29 is 0 Å². The molecule has 2 aromatic rings. The number of imidazole rings is 1. The number of aromatic nitrogens is 2. The Hall–Kier alpha value is -1.61. The van der Waals surface area contributed by atoms with Crippen LogP contribution in [0.1, 0.15) is 31.0 Å². The zero-order chi connectivity index (χ0) is 13.1. The van der Waals surface area contributed by atoms with Crippen molar-refractivity contribution in [3.05, 3.63) is 41.7 Å². The third-order valence-corrected chi connectivity index (χ3v) is 3.32. The second-order valence-electron chi connectivity index (χ2n) is 4.95. The Morgan fingerprint density at radius 2 is 1.89 bits per heavy atom. The summed E-state index contributed by atoms with van der Waals surface area (Å²) in [4.78, 5) is 4.49. The van der Waals surface area contributed by atoms with Gasteiger partial charge < -0.3 is 10.3 Å². The summed E-state index contributed by atoms with van der Waals surface area (Å²) in [7, 11) is 2.05. The standard InChI is InChI=1S/C15H21N3/c1-11(2)12-4-6-13(7-5-12)15-17-10-14(8-9-16)18(15)3/h4-7,10-11H,8-9,16H2,1-3H3. The van der Waals surface area contributed by atoms with Crippen molar-refractivity contribution in [3.8, 4) is 11.4 Å². The molecule has 0 saturated carbocycles. The van der Waals surface area contributed by atoms with Crippen molar-refractivity contribution in [2.75, 3.05) is 6.54 Å². The maximum Gasteiger partial charge on any atom is 0.139 e. The predicted molar refractivity (Wildman–Crippen MR) is 75.5 cm³/mol. The highest BCUT2D eigenvalue weighted by Gasteiger charge is 2.08. The fourth-order valence-corrected chi connectivity index (χ4v) is 2.11. The first kappa shape index (κ1) is 12.8. The van der Waals surface area contributed by atoms with Gasteiger partial charge in [0.25, 0.3) is 0 Å². The fraction of sp³-hybridized carbons (Fsp3) is 0.400. The monoisotopic (exact) mass is 243 g/mol. The van der Waals surface area contributed by atoms with Gasteiger partial charge in [-0.1, -0.05) is 38.1 Å². The fourth-order valence-electron chi connectivity index (χ4n) is 2.11.